The van der Waals surface area contributed by atoms with Crippen molar-refractivity contribution in [3.8, 4) is 11.3 Å². The Morgan fingerprint density at radius 3 is 2.47 bits per heavy atom. The van der Waals surface area contributed by atoms with Crippen molar-refractivity contribution in [3.63, 3.8) is 0 Å². The zero-order valence-corrected chi connectivity index (χ0v) is 17.7. The summed E-state index contributed by atoms with van der Waals surface area (Å²) in [5.74, 6) is -0.427. The average molecular weight is 458 g/mol. The molecular formula is C22H14Cl2FN3OS. The van der Waals surface area contributed by atoms with Crippen molar-refractivity contribution in [1.82, 2.24) is 10.2 Å². The van der Waals surface area contributed by atoms with Gasteiger partial charge in [-0.25, -0.2) is 4.39 Å². The molecule has 0 aliphatic heterocycles. The first-order chi connectivity index (χ1) is 14.5. The zero-order valence-electron chi connectivity index (χ0n) is 15.4. The highest BCUT2D eigenvalue weighted by molar-refractivity contribution is 8.00. The van der Waals surface area contributed by atoms with Crippen molar-refractivity contribution in [3.05, 3.63) is 82.6 Å². The van der Waals surface area contributed by atoms with Gasteiger partial charge in [0.15, 0.2) is 0 Å². The first kappa shape index (κ1) is 20.6. The van der Waals surface area contributed by atoms with Crippen LogP contribution in [0.1, 0.15) is 0 Å². The van der Waals surface area contributed by atoms with E-state index in [1.807, 2.05) is 24.3 Å². The maximum absolute atomic E-state index is 13.3. The third-order valence-corrected chi connectivity index (χ3v) is 5.86. The number of thioether (sulfide) groups is 1. The second-order valence-electron chi connectivity index (χ2n) is 6.37. The van der Waals surface area contributed by atoms with Gasteiger partial charge in [0, 0.05) is 21.4 Å². The Morgan fingerprint density at radius 2 is 1.70 bits per heavy atom. The van der Waals surface area contributed by atoms with Crippen LogP contribution < -0.4 is 5.32 Å². The van der Waals surface area contributed by atoms with Crippen LogP contribution >= 0.6 is 35.0 Å². The number of anilines is 1. The Bertz CT molecular complexity index is 1230. The van der Waals surface area contributed by atoms with Gasteiger partial charge in [0.1, 0.15) is 16.5 Å². The number of aromatic nitrogens is 2. The maximum atomic E-state index is 13.3. The molecule has 0 aliphatic rings. The molecule has 4 rings (SSSR count). The van der Waals surface area contributed by atoms with E-state index in [9.17, 15) is 9.18 Å². The molecule has 0 spiro atoms. The summed E-state index contributed by atoms with van der Waals surface area (Å²) in [6.07, 6.45) is 0. The Balaban J connectivity index is 1.56. The number of nitrogens with zero attached hydrogens (tertiary/aromatic N) is 2. The van der Waals surface area contributed by atoms with Crippen LogP contribution in [-0.2, 0) is 4.79 Å². The summed E-state index contributed by atoms with van der Waals surface area (Å²) in [5, 5.41) is 14.7. The van der Waals surface area contributed by atoms with Gasteiger partial charge in [0.2, 0.25) is 5.91 Å². The fourth-order valence-electron chi connectivity index (χ4n) is 2.92. The summed E-state index contributed by atoms with van der Waals surface area (Å²) in [6.45, 7) is 0. The van der Waals surface area contributed by atoms with Crippen LogP contribution in [0.5, 0.6) is 0 Å². The van der Waals surface area contributed by atoms with Gasteiger partial charge in [0.05, 0.1) is 16.5 Å². The van der Waals surface area contributed by atoms with Crippen LogP contribution in [0.2, 0.25) is 10.0 Å². The van der Waals surface area contributed by atoms with Crippen molar-refractivity contribution in [2.75, 3.05) is 11.1 Å². The maximum Gasteiger partial charge on any atom is 0.234 e. The van der Waals surface area contributed by atoms with E-state index in [0.717, 1.165) is 16.3 Å². The number of benzene rings is 3. The van der Waals surface area contributed by atoms with Crippen LogP contribution in [0.25, 0.3) is 22.0 Å². The summed E-state index contributed by atoms with van der Waals surface area (Å²) in [6, 6.07) is 18.6. The molecule has 1 N–H and O–H groups in total. The minimum atomic E-state index is -0.311. The highest BCUT2D eigenvalue weighted by Gasteiger charge is 2.14. The van der Waals surface area contributed by atoms with E-state index < -0.39 is 0 Å². The number of halogens is 3. The van der Waals surface area contributed by atoms with Crippen LogP contribution in [0, 0.1) is 5.82 Å². The Hall–Kier alpha value is -2.67. The molecule has 0 fully saturated rings. The van der Waals surface area contributed by atoms with Crippen molar-refractivity contribution in [2.45, 2.75) is 5.03 Å². The molecule has 1 heterocycles. The lowest BCUT2D eigenvalue weighted by atomic mass is 10.1. The standard InChI is InChI=1S/C22H14Cl2FN3OS/c23-14-7-10-18(24)19(11-14)26-20(29)12-30-22-17-4-2-1-3-16(17)21(27-28-22)13-5-8-15(25)9-6-13/h1-11H,12H2,(H,26,29). The molecule has 0 aliphatic carbocycles. The van der Waals surface area contributed by atoms with E-state index >= 15 is 0 Å². The second kappa shape index (κ2) is 9.00. The number of carbonyl (C=O) groups is 1. The summed E-state index contributed by atoms with van der Waals surface area (Å²) < 4.78 is 13.3. The van der Waals surface area contributed by atoms with Gasteiger partial charge in [-0.05, 0) is 42.5 Å². The van der Waals surface area contributed by atoms with Crippen molar-refractivity contribution in [1.29, 1.82) is 0 Å². The molecule has 30 heavy (non-hydrogen) atoms. The number of amides is 1. The van der Waals surface area contributed by atoms with Gasteiger partial charge in [-0.2, -0.15) is 0 Å². The molecule has 0 saturated heterocycles. The molecule has 0 atom stereocenters. The van der Waals surface area contributed by atoms with Crippen LogP contribution in [0.4, 0.5) is 10.1 Å². The summed E-state index contributed by atoms with van der Waals surface area (Å²) in [5.41, 5.74) is 1.88. The first-order valence-electron chi connectivity index (χ1n) is 8.90. The van der Waals surface area contributed by atoms with Gasteiger partial charge in [-0.1, -0.05) is 59.2 Å². The van der Waals surface area contributed by atoms with E-state index in [4.69, 9.17) is 23.2 Å². The topological polar surface area (TPSA) is 54.9 Å². The third-order valence-electron chi connectivity index (χ3n) is 4.31. The number of fused-ring (bicyclic) bond motifs is 1. The van der Waals surface area contributed by atoms with Gasteiger partial charge < -0.3 is 5.32 Å². The Labute approximate surface area is 186 Å². The van der Waals surface area contributed by atoms with Gasteiger partial charge in [-0.15, -0.1) is 10.2 Å². The SMILES string of the molecule is O=C(CSc1nnc(-c2ccc(F)cc2)c2ccccc12)Nc1cc(Cl)ccc1Cl. The van der Waals surface area contributed by atoms with E-state index in [1.165, 1.54) is 23.9 Å². The van der Waals surface area contributed by atoms with E-state index in [0.29, 0.717) is 26.5 Å². The minimum Gasteiger partial charge on any atom is -0.324 e. The van der Waals surface area contributed by atoms with Crippen LogP contribution in [0.15, 0.2) is 71.8 Å². The fraction of sp³-hybridized carbons (Fsp3) is 0.0455. The molecular weight excluding hydrogens is 444 g/mol. The van der Waals surface area contributed by atoms with Crippen LogP contribution in [0.3, 0.4) is 0 Å². The minimum absolute atomic E-state index is 0.122. The molecule has 0 unspecified atom stereocenters. The normalized spacial score (nSPS) is 10.9. The molecule has 0 bridgehead atoms. The monoisotopic (exact) mass is 457 g/mol. The van der Waals surface area contributed by atoms with Crippen molar-refractivity contribution < 1.29 is 9.18 Å². The van der Waals surface area contributed by atoms with Gasteiger partial charge in [0.25, 0.3) is 0 Å². The zero-order chi connectivity index (χ0) is 21.1. The molecule has 0 radical (unpaired) electrons. The lowest BCUT2D eigenvalue weighted by Gasteiger charge is -2.10. The van der Waals surface area contributed by atoms with Crippen molar-refractivity contribution >= 4 is 57.3 Å². The number of hydrogen-bond donors (Lipinski definition) is 1. The number of rotatable bonds is 5. The lowest BCUT2D eigenvalue weighted by Crippen LogP contribution is -2.14. The molecule has 4 nitrogen and oxygen atoms in total. The second-order valence-corrected chi connectivity index (χ2v) is 8.17. The molecule has 8 heteroatoms. The quantitative estimate of drug-likeness (QED) is 0.348. The molecule has 1 amide bonds. The fourth-order valence-corrected chi connectivity index (χ4v) is 4.03. The highest BCUT2D eigenvalue weighted by Crippen LogP contribution is 2.32. The third kappa shape index (κ3) is 4.56. The molecule has 0 saturated carbocycles. The van der Waals surface area contributed by atoms with E-state index in [2.05, 4.69) is 15.5 Å². The first-order valence-corrected chi connectivity index (χ1v) is 10.6. The average Bonchev–Trinajstić information content (AvgIpc) is 2.75. The summed E-state index contributed by atoms with van der Waals surface area (Å²) in [4.78, 5) is 12.4. The van der Waals surface area contributed by atoms with E-state index in [-0.39, 0.29) is 17.5 Å². The number of nitrogens with one attached hydrogen (secondary N) is 1. The predicted octanol–water partition coefficient (Wildman–Crippen LogP) is 6.47. The van der Waals surface area contributed by atoms with E-state index in [1.54, 1.807) is 30.3 Å². The predicted molar refractivity (Wildman–Crippen MR) is 121 cm³/mol. The Morgan fingerprint density at radius 1 is 0.967 bits per heavy atom. The Kier molecular flexibility index (Phi) is 6.18. The van der Waals surface area contributed by atoms with Gasteiger partial charge in [-0.3, -0.25) is 4.79 Å². The molecule has 3 aromatic carbocycles. The molecule has 150 valence electrons. The molecule has 4 aromatic rings. The smallest absolute Gasteiger partial charge is 0.234 e. The van der Waals surface area contributed by atoms with Gasteiger partial charge >= 0.3 is 0 Å². The number of carbonyl (C=O) groups excluding carboxylic acids is 1. The molecule has 1 aromatic heterocycles. The largest absolute Gasteiger partial charge is 0.324 e. The highest BCUT2D eigenvalue weighted by atomic mass is 35.5. The number of hydrogen-bond acceptors (Lipinski definition) is 4. The summed E-state index contributed by atoms with van der Waals surface area (Å²) in [7, 11) is 0. The lowest BCUT2D eigenvalue weighted by molar-refractivity contribution is -0.113. The van der Waals surface area contributed by atoms with Crippen LogP contribution in [-0.4, -0.2) is 21.9 Å². The summed E-state index contributed by atoms with van der Waals surface area (Å²) >= 11 is 13.3. The van der Waals surface area contributed by atoms with Crippen molar-refractivity contribution in [2.24, 2.45) is 0 Å².